The van der Waals surface area contributed by atoms with Crippen LogP contribution in [0.2, 0.25) is 0 Å². The number of rotatable bonds is 5. The normalized spacial score (nSPS) is 18.9. The second-order valence-corrected chi connectivity index (χ2v) is 5.75. The summed E-state index contributed by atoms with van der Waals surface area (Å²) in [6.45, 7) is 5.96. The van der Waals surface area contributed by atoms with Crippen LogP contribution in [0.15, 0.2) is 6.07 Å². The number of halogens is 3. The van der Waals surface area contributed by atoms with Crippen molar-refractivity contribution in [3.05, 3.63) is 17.5 Å². The maximum Gasteiger partial charge on any atom is 0.433 e. The lowest BCUT2D eigenvalue weighted by molar-refractivity contribution is -0.144. The van der Waals surface area contributed by atoms with E-state index in [0.717, 1.165) is 36.8 Å². The third-order valence-electron chi connectivity index (χ3n) is 3.65. The summed E-state index contributed by atoms with van der Waals surface area (Å²) in [5.41, 5.74) is -0.273. The first-order valence-corrected chi connectivity index (χ1v) is 7.29. The van der Waals surface area contributed by atoms with E-state index in [-0.39, 0.29) is 12.5 Å². The lowest BCUT2D eigenvalue weighted by atomic mass is 10.1. The maximum absolute atomic E-state index is 12.9. The second-order valence-electron chi connectivity index (χ2n) is 5.75. The van der Waals surface area contributed by atoms with E-state index in [2.05, 4.69) is 10.4 Å². The molecule has 0 amide bonds. The molecule has 1 saturated heterocycles. The van der Waals surface area contributed by atoms with Crippen LogP contribution in [0.25, 0.3) is 0 Å². The van der Waals surface area contributed by atoms with Crippen LogP contribution in [0, 0.1) is 12.8 Å². The number of hydrogen-bond donors (Lipinski definition) is 1. The Morgan fingerprint density at radius 3 is 2.71 bits per heavy atom. The number of alkyl halides is 3. The molecule has 1 aromatic rings. The van der Waals surface area contributed by atoms with Crippen LogP contribution in [0.3, 0.4) is 0 Å². The van der Waals surface area contributed by atoms with Gasteiger partial charge in [0.05, 0.1) is 5.69 Å². The minimum absolute atomic E-state index is 0.0771. The zero-order valence-corrected chi connectivity index (χ0v) is 12.4. The molecule has 21 heavy (non-hydrogen) atoms. The maximum atomic E-state index is 12.9. The van der Waals surface area contributed by atoms with Crippen LogP contribution in [-0.2, 0) is 17.5 Å². The van der Waals surface area contributed by atoms with Gasteiger partial charge in [-0.15, -0.1) is 0 Å². The SMILES string of the molecule is Cc1cc(C(F)(F)F)n(C[C@@H](C)CNC2CCOCC2)n1. The molecule has 0 saturated carbocycles. The zero-order chi connectivity index (χ0) is 15.5. The predicted molar refractivity (Wildman–Crippen MR) is 73.0 cm³/mol. The Kier molecular flexibility index (Phi) is 5.27. The molecule has 2 heterocycles. The molecule has 0 aromatic carbocycles. The van der Waals surface area contributed by atoms with Gasteiger partial charge in [0.15, 0.2) is 0 Å². The number of ether oxygens (including phenoxy) is 1. The van der Waals surface area contributed by atoms with Crippen molar-refractivity contribution in [3.63, 3.8) is 0 Å². The van der Waals surface area contributed by atoms with E-state index in [4.69, 9.17) is 4.74 Å². The van der Waals surface area contributed by atoms with Crippen molar-refractivity contribution in [3.8, 4) is 0 Å². The standard InChI is InChI=1S/C14H22F3N3O/c1-10(8-18-12-3-5-21-6-4-12)9-20-13(14(15,16)17)7-11(2)19-20/h7,10,12,18H,3-6,8-9H2,1-2H3/t10-/m0/s1. The lowest BCUT2D eigenvalue weighted by Gasteiger charge is -2.25. The molecular formula is C14H22F3N3O. The van der Waals surface area contributed by atoms with Crippen molar-refractivity contribution in [1.29, 1.82) is 0 Å². The van der Waals surface area contributed by atoms with E-state index < -0.39 is 11.9 Å². The first-order valence-electron chi connectivity index (χ1n) is 7.29. The topological polar surface area (TPSA) is 39.1 Å². The molecule has 0 unspecified atom stereocenters. The van der Waals surface area contributed by atoms with Crippen LogP contribution < -0.4 is 5.32 Å². The molecule has 1 atom stereocenters. The quantitative estimate of drug-likeness (QED) is 0.909. The summed E-state index contributed by atoms with van der Waals surface area (Å²) in [6, 6.07) is 1.50. The first kappa shape index (κ1) is 16.3. The molecule has 1 N–H and O–H groups in total. The van der Waals surface area contributed by atoms with Gasteiger partial charge in [-0.25, -0.2) is 0 Å². The molecule has 4 nitrogen and oxygen atoms in total. The fraction of sp³-hybridized carbons (Fsp3) is 0.786. The van der Waals surface area contributed by atoms with Gasteiger partial charge in [-0.3, -0.25) is 4.68 Å². The van der Waals surface area contributed by atoms with Crippen LogP contribution in [0.5, 0.6) is 0 Å². The molecule has 7 heteroatoms. The molecule has 2 rings (SSSR count). The average molecular weight is 305 g/mol. The Labute approximate surface area is 122 Å². The minimum Gasteiger partial charge on any atom is -0.381 e. The van der Waals surface area contributed by atoms with Gasteiger partial charge >= 0.3 is 6.18 Å². The largest absolute Gasteiger partial charge is 0.433 e. The molecule has 120 valence electrons. The lowest BCUT2D eigenvalue weighted by Crippen LogP contribution is -2.38. The number of aromatic nitrogens is 2. The van der Waals surface area contributed by atoms with Crippen LogP contribution >= 0.6 is 0 Å². The summed E-state index contributed by atoms with van der Waals surface area (Å²) in [5.74, 6) is 0.0771. The van der Waals surface area contributed by atoms with Crippen molar-refractivity contribution in [2.24, 2.45) is 5.92 Å². The van der Waals surface area contributed by atoms with Crippen molar-refractivity contribution in [1.82, 2.24) is 15.1 Å². The Balaban J connectivity index is 1.88. The van der Waals surface area contributed by atoms with Crippen LogP contribution in [-0.4, -0.2) is 35.6 Å². The van der Waals surface area contributed by atoms with E-state index in [9.17, 15) is 13.2 Å². The monoisotopic (exact) mass is 305 g/mol. The molecule has 0 spiro atoms. The highest BCUT2D eigenvalue weighted by atomic mass is 19.4. The Morgan fingerprint density at radius 2 is 2.10 bits per heavy atom. The van der Waals surface area contributed by atoms with Crippen LogP contribution in [0.1, 0.15) is 31.2 Å². The number of aryl methyl sites for hydroxylation is 1. The number of nitrogens with zero attached hydrogens (tertiary/aromatic N) is 2. The molecule has 0 radical (unpaired) electrons. The van der Waals surface area contributed by atoms with Gasteiger partial charge in [0.2, 0.25) is 0 Å². The summed E-state index contributed by atoms with van der Waals surface area (Å²) in [7, 11) is 0. The molecular weight excluding hydrogens is 283 g/mol. The number of nitrogens with one attached hydrogen (secondary N) is 1. The molecule has 0 aliphatic carbocycles. The summed E-state index contributed by atoms with van der Waals surface area (Å²) >= 11 is 0. The molecule has 1 aliphatic rings. The van der Waals surface area contributed by atoms with E-state index in [1.165, 1.54) is 0 Å². The highest BCUT2D eigenvalue weighted by Gasteiger charge is 2.35. The molecule has 1 fully saturated rings. The smallest absolute Gasteiger partial charge is 0.381 e. The summed E-state index contributed by atoms with van der Waals surface area (Å²) in [4.78, 5) is 0. The van der Waals surface area contributed by atoms with Gasteiger partial charge in [0.1, 0.15) is 5.69 Å². The molecule has 1 aromatic heterocycles. The van der Waals surface area contributed by atoms with Gasteiger partial charge in [0, 0.05) is 25.8 Å². The van der Waals surface area contributed by atoms with E-state index in [0.29, 0.717) is 18.3 Å². The Bertz CT molecular complexity index is 453. The average Bonchev–Trinajstić information content (AvgIpc) is 2.78. The fourth-order valence-corrected chi connectivity index (χ4v) is 2.54. The van der Waals surface area contributed by atoms with Crippen molar-refractivity contribution in [2.75, 3.05) is 19.8 Å². The third kappa shape index (κ3) is 4.71. The minimum atomic E-state index is -4.35. The first-order chi connectivity index (χ1) is 9.86. The summed E-state index contributed by atoms with van der Waals surface area (Å²) in [5, 5.41) is 7.36. The van der Waals surface area contributed by atoms with Gasteiger partial charge in [-0.2, -0.15) is 18.3 Å². The van der Waals surface area contributed by atoms with E-state index >= 15 is 0 Å². The van der Waals surface area contributed by atoms with Gasteiger partial charge in [0.25, 0.3) is 0 Å². The third-order valence-corrected chi connectivity index (χ3v) is 3.65. The highest BCUT2D eigenvalue weighted by molar-refractivity contribution is 5.12. The Hall–Kier alpha value is -1.08. The predicted octanol–water partition coefficient (Wildman–Crippen LogP) is 2.62. The van der Waals surface area contributed by atoms with Crippen molar-refractivity contribution in [2.45, 2.75) is 45.5 Å². The van der Waals surface area contributed by atoms with Crippen LogP contribution in [0.4, 0.5) is 13.2 Å². The fourth-order valence-electron chi connectivity index (χ4n) is 2.54. The molecule has 0 bridgehead atoms. The highest BCUT2D eigenvalue weighted by Crippen LogP contribution is 2.30. The Morgan fingerprint density at radius 1 is 1.43 bits per heavy atom. The summed E-state index contributed by atoms with van der Waals surface area (Å²) in [6.07, 6.45) is -2.43. The van der Waals surface area contributed by atoms with Gasteiger partial charge in [-0.1, -0.05) is 6.92 Å². The van der Waals surface area contributed by atoms with Gasteiger partial charge < -0.3 is 10.1 Å². The molecule has 1 aliphatic heterocycles. The number of hydrogen-bond acceptors (Lipinski definition) is 3. The summed E-state index contributed by atoms with van der Waals surface area (Å²) < 4.78 is 45.0. The van der Waals surface area contributed by atoms with Crippen molar-refractivity contribution < 1.29 is 17.9 Å². The van der Waals surface area contributed by atoms with Gasteiger partial charge in [-0.05, 0) is 38.3 Å². The second kappa shape index (κ2) is 6.79. The zero-order valence-electron chi connectivity index (χ0n) is 12.4. The van der Waals surface area contributed by atoms with E-state index in [1.807, 2.05) is 6.92 Å². The van der Waals surface area contributed by atoms with Crippen molar-refractivity contribution >= 4 is 0 Å². The van der Waals surface area contributed by atoms with E-state index in [1.54, 1.807) is 6.92 Å².